The number of amides is 1. The molecule has 0 atom stereocenters. The van der Waals surface area contributed by atoms with Gasteiger partial charge in [0.2, 0.25) is 6.41 Å². The summed E-state index contributed by atoms with van der Waals surface area (Å²) in [6.07, 6.45) is 1.65. The molecule has 2 rings (SSSR count). The SMILES string of the molecule is O=CNCCCNC(c1ccccc1)c1ccccc1. The van der Waals surface area contributed by atoms with Crippen LogP contribution in [-0.2, 0) is 4.79 Å². The zero-order valence-corrected chi connectivity index (χ0v) is 11.5. The van der Waals surface area contributed by atoms with Gasteiger partial charge >= 0.3 is 0 Å². The Bertz CT molecular complexity index is 459. The second-order valence-corrected chi connectivity index (χ2v) is 4.63. The van der Waals surface area contributed by atoms with E-state index in [0.29, 0.717) is 6.54 Å². The van der Waals surface area contributed by atoms with E-state index in [4.69, 9.17) is 0 Å². The van der Waals surface area contributed by atoms with E-state index >= 15 is 0 Å². The standard InChI is InChI=1S/C17H20N2O/c20-14-18-12-7-13-19-17(15-8-3-1-4-9-15)16-10-5-2-6-11-16/h1-6,8-11,14,17,19H,7,12-13H2,(H,18,20). The fourth-order valence-corrected chi connectivity index (χ4v) is 2.21. The lowest BCUT2D eigenvalue weighted by molar-refractivity contribution is -0.109. The maximum atomic E-state index is 10.2. The fraction of sp³-hybridized carbons (Fsp3) is 0.235. The molecule has 104 valence electrons. The predicted octanol–water partition coefficient (Wildman–Crippen LogP) is 2.50. The number of benzene rings is 2. The average Bonchev–Trinajstić information content (AvgIpc) is 2.53. The third-order valence-corrected chi connectivity index (χ3v) is 3.20. The van der Waals surface area contributed by atoms with Gasteiger partial charge in [0.1, 0.15) is 0 Å². The Labute approximate surface area is 120 Å². The second kappa shape index (κ2) is 8.12. The molecule has 0 aromatic heterocycles. The van der Waals surface area contributed by atoms with Crippen LogP contribution < -0.4 is 10.6 Å². The third-order valence-electron chi connectivity index (χ3n) is 3.20. The Morgan fingerprint density at radius 1 is 0.850 bits per heavy atom. The molecule has 0 unspecified atom stereocenters. The largest absolute Gasteiger partial charge is 0.359 e. The van der Waals surface area contributed by atoms with E-state index in [9.17, 15) is 4.79 Å². The molecule has 3 heteroatoms. The van der Waals surface area contributed by atoms with Crippen molar-refractivity contribution >= 4 is 6.41 Å². The summed E-state index contributed by atoms with van der Waals surface area (Å²) in [6.45, 7) is 1.56. The zero-order valence-electron chi connectivity index (χ0n) is 11.5. The van der Waals surface area contributed by atoms with E-state index in [1.165, 1.54) is 11.1 Å². The van der Waals surface area contributed by atoms with Gasteiger partial charge in [0.25, 0.3) is 0 Å². The van der Waals surface area contributed by atoms with Gasteiger partial charge in [-0.1, -0.05) is 60.7 Å². The van der Waals surface area contributed by atoms with Crippen molar-refractivity contribution in [2.45, 2.75) is 12.5 Å². The molecular weight excluding hydrogens is 248 g/mol. The number of carbonyl (C=O) groups excluding carboxylic acids is 1. The van der Waals surface area contributed by atoms with Gasteiger partial charge in [0, 0.05) is 6.54 Å². The highest BCUT2D eigenvalue weighted by Gasteiger charge is 2.12. The monoisotopic (exact) mass is 268 g/mol. The summed E-state index contributed by atoms with van der Waals surface area (Å²) in [5, 5.41) is 6.24. The predicted molar refractivity (Wildman–Crippen MR) is 81.4 cm³/mol. The summed E-state index contributed by atoms with van der Waals surface area (Å²) >= 11 is 0. The Morgan fingerprint density at radius 2 is 1.40 bits per heavy atom. The maximum absolute atomic E-state index is 10.2. The molecule has 0 aliphatic rings. The van der Waals surface area contributed by atoms with Gasteiger partial charge in [-0.05, 0) is 24.1 Å². The van der Waals surface area contributed by atoms with Gasteiger partial charge in [-0.2, -0.15) is 0 Å². The fourth-order valence-electron chi connectivity index (χ4n) is 2.21. The molecule has 3 nitrogen and oxygen atoms in total. The number of carbonyl (C=O) groups is 1. The van der Waals surface area contributed by atoms with Crippen LogP contribution >= 0.6 is 0 Å². The first kappa shape index (κ1) is 14.3. The molecule has 1 amide bonds. The number of rotatable bonds is 8. The highest BCUT2D eigenvalue weighted by atomic mass is 16.1. The molecule has 2 N–H and O–H groups in total. The van der Waals surface area contributed by atoms with Crippen LogP contribution in [0.4, 0.5) is 0 Å². The van der Waals surface area contributed by atoms with E-state index < -0.39 is 0 Å². The molecule has 2 aromatic rings. The summed E-state index contributed by atoms with van der Waals surface area (Å²) in [4.78, 5) is 10.2. The van der Waals surface area contributed by atoms with Crippen LogP contribution in [-0.4, -0.2) is 19.5 Å². The molecule has 0 saturated carbocycles. The van der Waals surface area contributed by atoms with Gasteiger partial charge in [0.05, 0.1) is 6.04 Å². The van der Waals surface area contributed by atoms with Crippen molar-refractivity contribution in [2.75, 3.05) is 13.1 Å². The van der Waals surface area contributed by atoms with Crippen molar-refractivity contribution in [2.24, 2.45) is 0 Å². The van der Waals surface area contributed by atoms with Gasteiger partial charge in [0.15, 0.2) is 0 Å². The normalized spacial score (nSPS) is 10.4. The Morgan fingerprint density at radius 3 is 1.90 bits per heavy atom. The smallest absolute Gasteiger partial charge is 0.207 e. The van der Waals surface area contributed by atoms with E-state index in [1.807, 2.05) is 12.1 Å². The number of hydrogen-bond acceptors (Lipinski definition) is 2. The Balaban J connectivity index is 2.03. The van der Waals surface area contributed by atoms with E-state index in [0.717, 1.165) is 19.4 Å². The van der Waals surface area contributed by atoms with Crippen LogP contribution in [0.25, 0.3) is 0 Å². The Hall–Kier alpha value is -2.13. The van der Waals surface area contributed by atoms with Crippen molar-refractivity contribution in [1.29, 1.82) is 0 Å². The van der Waals surface area contributed by atoms with Crippen LogP contribution in [0.15, 0.2) is 60.7 Å². The van der Waals surface area contributed by atoms with Crippen molar-refractivity contribution in [3.8, 4) is 0 Å². The van der Waals surface area contributed by atoms with E-state index in [1.54, 1.807) is 0 Å². The lowest BCUT2D eigenvalue weighted by atomic mass is 9.99. The van der Waals surface area contributed by atoms with Crippen LogP contribution in [0.3, 0.4) is 0 Å². The summed E-state index contributed by atoms with van der Waals surface area (Å²) in [5.41, 5.74) is 2.50. The summed E-state index contributed by atoms with van der Waals surface area (Å²) in [6, 6.07) is 21.0. The van der Waals surface area contributed by atoms with Gasteiger partial charge in [-0.15, -0.1) is 0 Å². The van der Waals surface area contributed by atoms with Gasteiger partial charge < -0.3 is 10.6 Å². The number of nitrogens with one attached hydrogen (secondary N) is 2. The quantitative estimate of drug-likeness (QED) is 0.570. The molecule has 0 radical (unpaired) electrons. The van der Waals surface area contributed by atoms with Crippen LogP contribution in [0, 0.1) is 0 Å². The van der Waals surface area contributed by atoms with Crippen molar-refractivity contribution < 1.29 is 4.79 Å². The second-order valence-electron chi connectivity index (χ2n) is 4.63. The van der Waals surface area contributed by atoms with Crippen molar-refractivity contribution in [3.05, 3.63) is 71.8 Å². The minimum Gasteiger partial charge on any atom is -0.359 e. The lowest BCUT2D eigenvalue weighted by Gasteiger charge is -2.20. The molecule has 0 spiro atoms. The zero-order chi connectivity index (χ0) is 14.0. The number of hydrogen-bond donors (Lipinski definition) is 2. The molecule has 0 bridgehead atoms. The molecule has 0 aliphatic heterocycles. The first-order chi connectivity index (χ1) is 9.92. The molecular formula is C17H20N2O. The average molecular weight is 268 g/mol. The minimum atomic E-state index is 0.189. The van der Waals surface area contributed by atoms with Gasteiger partial charge in [-0.25, -0.2) is 0 Å². The first-order valence-electron chi connectivity index (χ1n) is 6.92. The summed E-state index contributed by atoms with van der Waals surface area (Å²) in [5.74, 6) is 0. The highest BCUT2D eigenvalue weighted by molar-refractivity contribution is 5.45. The minimum absolute atomic E-state index is 0.189. The molecule has 0 saturated heterocycles. The lowest BCUT2D eigenvalue weighted by Crippen LogP contribution is -2.26. The first-order valence-corrected chi connectivity index (χ1v) is 6.92. The van der Waals surface area contributed by atoms with Gasteiger partial charge in [-0.3, -0.25) is 4.79 Å². The summed E-state index contributed by atoms with van der Waals surface area (Å²) in [7, 11) is 0. The highest BCUT2D eigenvalue weighted by Crippen LogP contribution is 2.21. The van der Waals surface area contributed by atoms with Crippen LogP contribution in [0.1, 0.15) is 23.6 Å². The van der Waals surface area contributed by atoms with Crippen molar-refractivity contribution in [1.82, 2.24) is 10.6 Å². The van der Waals surface area contributed by atoms with E-state index in [2.05, 4.69) is 59.2 Å². The van der Waals surface area contributed by atoms with Crippen molar-refractivity contribution in [3.63, 3.8) is 0 Å². The van der Waals surface area contributed by atoms with Crippen LogP contribution in [0.2, 0.25) is 0 Å². The molecule has 0 fully saturated rings. The maximum Gasteiger partial charge on any atom is 0.207 e. The topological polar surface area (TPSA) is 41.1 Å². The molecule has 0 aliphatic carbocycles. The van der Waals surface area contributed by atoms with E-state index in [-0.39, 0.29) is 6.04 Å². The third kappa shape index (κ3) is 4.21. The summed E-state index contributed by atoms with van der Waals surface area (Å²) < 4.78 is 0. The molecule has 20 heavy (non-hydrogen) atoms. The molecule has 2 aromatic carbocycles. The Kier molecular flexibility index (Phi) is 5.80. The molecule has 0 heterocycles. The van der Waals surface area contributed by atoms with Crippen LogP contribution in [0.5, 0.6) is 0 Å².